The van der Waals surface area contributed by atoms with Crippen molar-refractivity contribution in [3.05, 3.63) is 41.7 Å². The number of hydrogen-bond donors (Lipinski definition) is 2. The second-order valence-corrected chi connectivity index (χ2v) is 7.08. The number of nitrogens with zero attached hydrogens (tertiary/aromatic N) is 2. The van der Waals surface area contributed by atoms with Gasteiger partial charge in [0.25, 0.3) is 0 Å². The van der Waals surface area contributed by atoms with Crippen LogP contribution in [-0.4, -0.2) is 66.8 Å². The summed E-state index contributed by atoms with van der Waals surface area (Å²) in [7, 11) is 0. The van der Waals surface area contributed by atoms with Gasteiger partial charge in [0.15, 0.2) is 0 Å². The normalized spacial score (nSPS) is 21.7. The number of hydrogen-bond acceptors (Lipinski definition) is 5. The molecule has 1 aromatic rings. The highest BCUT2D eigenvalue weighted by molar-refractivity contribution is 5.89. The molecule has 1 aromatic carbocycles. The van der Waals surface area contributed by atoms with Gasteiger partial charge in [-0.05, 0) is 24.1 Å². The number of allylic oxidation sites excluding steroid dienone is 1. The fraction of sp³-hybridized carbons (Fsp3) is 0.450. The van der Waals surface area contributed by atoms with Gasteiger partial charge in [0.1, 0.15) is 18.5 Å². The molecule has 2 unspecified atom stereocenters. The van der Waals surface area contributed by atoms with E-state index in [1.54, 1.807) is 18.2 Å². The van der Waals surface area contributed by atoms with E-state index < -0.39 is 24.6 Å². The number of carbonyl (C=O) groups is 3. The van der Waals surface area contributed by atoms with Crippen LogP contribution in [0.4, 0.5) is 14.9 Å². The Morgan fingerprint density at radius 2 is 2.17 bits per heavy atom. The highest BCUT2D eigenvalue weighted by Crippen LogP contribution is 2.30. The first kappa shape index (κ1) is 20.8. The summed E-state index contributed by atoms with van der Waals surface area (Å²) in [6.45, 7) is 2.06. The predicted molar refractivity (Wildman–Crippen MR) is 103 cm³/mol. The first-order valence-corrected chi connectivity index (χ1v) is 9.46. The smallest absolute Gasteiger partial charge is 0.414 e. The van der Waals surface area contributed by atoms with Gasteiger partial charge in [-0.2, -0.15) is 0 Å². The van der Waals surface area contributed by atoms with Crippen molar-refractivity contribution in [2.45, 2.75) is 25.4 Å². The minimum Gasteiger partial charge on any atom is -0.442 e. The Labute approximate surface area is 167 Å². The lowest BCUT2D eigenvalue weighted by Crippen LogP contribution is -2.33. The number of amides is 3. The van der Waals surface area contributed by atoms with Crippen molar-refractivity contribution in [1.82, 2.24) is 10.2 Å². The fourth-order valence-corrected chi connectivity index (χ4v) is 3.50. The van der Waals surface area contributed by atoms with Crippen molar-refractivity contribution in [2.24, 2.45) is 0 Å². The SMILES string of the molecule is CC(=O)NCC1CN(c2ccc(C3C=CCN(C(=O)CO)CC3)c(F)c2)C(=O)O1. The molecule has 1 fully saturated rings. The van der Waals surface area contributed by atoms with Crippen LogP contribution >= 0.6 is 0 Å². The third kappa shape index (κ3) is 4.92. The van der Waals surface area contributed by atoms with Crippen molar-refractivity contribution >= 4 is 23.6 Å². The lowest BCUT2D eigenvalue weighted by atomic mass is 9.94. The highest BCUT2D eigenvalue weighted by atomic mass is 19.1. The second-order valence-electron chi connectivity index (χ2n) is 7.08. The van der Waals surface area contributed by atoms with Gasteiger partial charge in [0.05, 0.1) is 18.8 Å². The number of benzene rings is 1. The number of cyclic esters (lactones) is 1. The zero-order valence-electron chi connectivity index (χ0n) is 16.1. The Morgan fingerprint density at radius 1 is 1.38 bits per heavy atom. The van der Waals surface area contributed by atoms with Crippen LogP contribution in [0.5, 0.6) is 0 Å². The number of anilines is 1. The summed E-state index contributed by atoms with van der Waals surface area (Å²) < 4.78 is 20.0. The molecule has 2 atom stereocenters. The van der Waals surface area contributed by atoms with E-state index in [0.29, 0.717) is 30.8 Å². The number of ether oxygens (including phenoxy) is 1. The summed E-state index contributed by atoms with van der Waals surface area (Å²) >= 11 is 0. The van der Waals surface area contributed by atoms with Gasteiger partial charge in [0, 0.05) is 25.9 Å². The van der Waals surface area contributed by atoms with Crippen molar-refractivity contribution < 1.29 is 28.6 Å². The molecule has 3 rings (SSSR count). The minimum absolute atomic E-state index is 0.202. The van der Waals surface area contributed by atoms with E-state index in [9.17, 15) is 18.8 Å². The van der Waals surface area contributed by atoms with E-state index in [2.05, 4.69) is 5.32 Å². The monoisotopic (exact) mass is 405 g/mol. The largest absolute Gasteiger partial charge is 0.442 e. The van der Waals surface area contributed by atoms with E-state index in [4.69, 9.17) is 9.84 Å². The molecule has 8 nitrogen and oxygen atoms in total. The van der Waals surface area contributed by atoms with Gasteiger partial charge in [-0.1, -0.05) is 18.2 Å². The molecule has 0 aromatic heterocycles. The van der Waals surface area contributed by atoms with Gasteiger partial charge in [0.2, 0.25) is 11.8 Å². The molecule has 1 saturated heterocycles. The summed E-state index contributed by atoms with van der Waals surface area (Å²) in [5, 5.41) is 11.6. The molecule has 9 heteroatoms. The van der Waals surface area contributed by atoms with E-state index >= 15 is 0 Å². The van der Waals surface area contributed by atoms with E-state index in [0.717, 1.165) is 0 Å². The van der Waals surface area contributed by atoms with Gasteiger partial charge < -0.3 is 20.1 Å². The highest BCUT2D eigenvalue weighted by Gasteiger charge is 2.33. The molecule has 2 N–H and O–H groups in total. The second kappa shape index (κ2) is 9.04. The van der Waals surface area contributed by atoms with E-state index in [1.807, 2.05) is 6.08 Å². The molecule has 2 heterocycles. The molecular weight excluding hydrogens is 381 g/mol. The van der Waals surface area contributed by atoms with Crippen molar-refractivity contribution in [3.63, 3.8) is 0 Å². The summed E-state index contributed by atoms with van der Waals surface area (Å²) in [6, 6.07) is 4.60. The lowest BCUT2D eigenvalue weighted by Gasteiger charge is -2.20. The van der Waals surface area contributed by atoms with Crippen LogP contribution in [0.2, 0.25) is 0 Å². The molecule has 2 aliphatic rings. The van der Waals surface area contributed by atoms with Gasteiger partial charge in [-0.3, -0.25) is 14.5 Å². The average Bonchev–Trinajstić information content (AvgIpc) is 2.90. The summed E-state index contributed by atoms with van der Waals surface area (Å²) in [5.74, 6) is -1.23. The average molecular weight is 405 g/mol. The number of aliphatic hydroxyl groups is 1. The summed E-state index contributed by atoms with van der Waals surface area (Å²) in [4.78, 5) is 37.6. The minimum atomic E-state index is -0.583. The van der Waals surface area contributed by atoms with Crippen LogP contribution in [0.3, 0.4) is 0 Å². The standard InChI is InChI=1S/C20H24FN3O5/c1-13(26)22-10-16-11-24(20(28)29-16)15-4-5-17(18(21)9-15)14-3-2-7-23(8-6-14)19(27)12-25/h2-5,9,14,16,25H,6-8,10-12H2,1H3,(H,22,26). The Balaban J connectivity index is 1.68. The zero-order valence-corrected chi connectivity index (χ0v) is 16.1. The maximum atomic E-state index is 14.8. The number of nitrogens with one attached hydrogen (secondary N) is 1. The molecule has 0 spiro atoms. The van der Waals surface area contributed by atoms with Gasteiger partial charge in [-0.25, -0.2) is 9.18 Å². The Bertz CT molecular complexity index is 828. The predicted octanol–water partition coefficient (Wildman–Crippen LogP) is 1.15. The lowest BCUT2D eigenvalue weighted by molar-refractivity contribution is -0.133. The quantitative estimate of drug-likeness (QED) is 0.716. The topological polar surface area (TPSA) is 99.2 Å². The Hall–Kier alpha value is -2.94. The molecular formula is C20H24FN3O5. The van der Waals surface area contributed by atoms with Crippen molar-refractivity contribution in [1.29, 1.82) is 0 Å². The first-order valence-electron chi connectivity index (χ1n) is 9.46. The first-order chi connectivity index (χ1) is 13.9. The fourth-order valence-electron chi connectivity index (χ4n) is 3.50. The molecule has 156 valence electrons. The Kier molecular flexibility index (Phi) is 6.48. The molecule has 3 amide bonds. The number of rotatable bonds is 5. The molecule has 29 heavy (non-hydrogen) atoms. The van der Waals surface area contributed by atoms with Crippen LogP contribution in [0.15, 0.2) is 30.4 Å². The van der Waals surface area contributed by atoms with E-state index in [-0.39, 0.29) is 30.8 Å². The molecule has 2 aliphatic heterocycles. The molecule has 0 bridgehead atoms. The van der Waals surface area contributed by atoms with Crippen LogP contribution < -0.4 is 10.2 Å². The molecule has 0 saturated carbocycles. The number of halogens is 1. The summed E-state index contributed by atoms with van der Waals surface area (Å²) in [6.07, 6.45) is 3.11. The van der Waals surface area contributed by atoms with Crippen LogP contribution in [0.1, 0.15) is 24.8 Å². The third-order valence-electron chi connectivity index (χ3n) is 5.04. The van der Waals surface area contributed by atoms with E-state index in [1.165, 1.54) is 22.8 Å². The molecule has 0 radical (unpaired) electrons. The number of aliphatic hydroxyl groups excluding tert-OH is 1. The third-order valence-corrected chi connectivity index (χ3v) is 5.04. The summed E-state index contributed by atoms with van der Waals surface area (Å²) in [5.41, 5.74) is 0.863. The van der Waals surface area contributed by atoms with Crippen molar-refractivity contribution in [2.75, 3.05) is 37.7 Å². The van der Waals surface area contributed by atoms with Crippen molar-refractivity contribution in [3.8, 4) is 0 Å². The van der Waals surface area contributed by atoms with Crippen LogP contribution in [0.25, 0.3) is 0 Å². The van der Waals surface area contributed by atoms with Gasteiger partial charge >= 0.3 is 6.09 Å². The van der Waals surface area contributed by atoms with Crippen LogP contribution in [0, 0.1) is 5.82 Å². The Morgan fingerprint density at radius 3 is 2.86 bits per heavy atom. The maximum Gasteiger partial charge on any atom is 0.414 e. The number of carbonyl (C=O) groups excluding carboxylic acids is 3. The molecule has 0 aliphatic carbocycles. The zero-order chi connectivity index (χ0) is 21.0. The maximum absolute atomic E-state index is 14.8. The van der Waals surface area contributed by atoms with Crippen LogP contribution in [-0.2, 0) is 14.3 Å². The van der Waals surface area contributed by atoms with Gasteiger partial charge in [-0.15, -0.1) is 0 Å².